The first-order valence-electron chi connectivity index (χ1n) is 11.4. The summed E-state index contributed by atoms with van der Waals surface area (Å²) < 4.78 is 0. The number of nitrogens with zero attached hydrogens (tertiary/aromatic N) is 2. The highest BCUT2D eigenvalue weighted by atomic mass is 16.3. The summed E-state index contributed by atoms with van der Waals surface area (Å²) >= 11 is 0. The highest BCUT2D eigenvalue weighted by molar-refractivity contribution is 5.73. The maximum Gasteiger partial charge on any atom is 0.219 e. The van der Waals surface area contributed by atoms with E-state index in [-0.39, 0.29) is 5.91 Å². The summed E-state index contributed by atoms with van der Waals surface area (Å²) in [4.78, 5) is 17.0. The molecule has 0 aromatic heterocycles. The average Bonchev–Trinajstić information content (AvgIpc) is 2.93. The molecule has 1 saturated carbocycles. The van der Waals surface area contributed by atoms with Crippen molar-refractivity contribution in [3.63, 3.8) is 0 Å². The fraction of sp³-hybridized carbons (Fsp3) is 0.708. The van der Waals surface area contributed by atoms with Gasteiger partial charge in [-0.15, -0.1) is 0 Å². The first-order chi connectivity index (χ1) is 13.6. The quantitative estimate of drug-likeness (QED) is 0.783. The van der Waals surface area contributed by atoms with Crippen molar-refractivity contribution in [1.82, 2.24) is 9.80 Å². The summed E-state index contributed by atoms with van der Waals surface area (Å²) in [6, 6.07) is 9.11. The lowest BCUT2D eigenvalue weighted by atomic mass is 9.85. The van der Waals surface area contributed by atoms with E-state index in [9.17, 15) is 9.90 Å². The largest absolute Gasteiger partial charge is 0.508 e. The second kappa shape index (κ2) is 8.86. The van der Waals surface area contributed by atoms with Crippen LogP contribution in [0.25, 0.3) is 0 Å². The molecule has 2 aliphatic heterocycles. The Morgan fingerprint density at radius 3 is 2.46 bits per heavy atom. The van der Waals surface area contributed by atoms with Gasteiger partial charge in [0.2, 0.25) is 5.91 Å². The van der Waals surface area contributed by atoms with Crippen LogP contribution in [0.4, 0.5) is 0 Å². The number of hydrogen-bond acceptors (Lipinski definition) is 3. The van der Waals surface area contributed by atoms with Gasteiger partial charge in [0.15, 0.2) is 0 Å². The summed E-state index contributed by atoms with van der Waals surface area (Å²) in [5.41, 5.74) is 1.29. The molecule has 4 nitrogen and oxygen atoms in total. The molecule has 3 fully saturated rings. The molecule has 1 aromatic carbocycles. The predicted molar refractivity (Wildman–Crippen MR) is 112 cm³/mol. The number of phenolic OH excluding ortho intramolecular Hbond substituents is 1. The minimum Gasteiger partial charge on any atom is -0.508 e. The number of carbonyl (C=O) groups is 1. The van der Waals surface area contributed by atoms with Gasteiger partial charge in [0.05, 0.1) is 0 Å². The van der Waals surface area contributed by atoms with Crippen LogP contribution in [0.5, 0.6) is 5.75 Å². The van der Waals surface area contributed by atoms with Gasteiger partial charge < -0.3 is 10.0 Å². The summed E-state index contributed by atoms with van der Waals surface area (Å²) in [5, 5.41) is 9.83. The second-order valence-electron chi connectivity index (χ2n) is 9.36. The summed E-state index contributed by atoms with van der Waals surface area (Å²) in [7, 11) is 0. The summed E-state index contributed by atoms with van der Waals surface area (Å²) in [6.45, 7) is 4.61. The van der Waals surface area contributed by atoms with Crippen molar-refractivity contribution in [2.45, 2.75) is 82.7 Å². The first-order valence-corrected chi connectivity index (χ1v) is 11.4. The van der Waals surface area contributed by atoms with Crippen LogP contribution in [0.2, 0.25) is 0 Å². The van der Waals surface area contributed by atoms with Crippen molar-refractivity contribution >= 4 is 5.91 Å². The molecule has 3 aliphatic rings. The number of phenols is 1. The molecule has 1 unspecified atom stereocenters. The lowest BCUT2D eigenvalue weighted by molar-refractivity contribution is -0.130. The van der Waals surface area contributed by atoms with E-state index in [1.54, 1.807) is 13.0 Å². The molecule has 1 amide bonds. The SMILES string of the molecule is CC(=O)N(CCN1[C@@H]2CC[C@H]1CC(c1cccc(O)c1)C2)CC1CCCCC1. The molecular weight excluding hydrogens is 348 g/mol. The highest BCUT2D eigenvalue weighted by Crippen LogP contribution is 2.43. The number of aromatic hydroxyl groups is 1. The average molecular weight is 385 g/mol. The Morgan fingerprint density at radius 1 is 1.11 bits per heavy atom. The monoisotopic (exact) mass is 384 g/mol. The number of hydrogen-bond donors (Lipinski definition) is 1. The fourth-order valence-corrected chi connectivity index (χ4v) is 5.99. The van der Waals surface area contributed by atoms with Crippen LogP contribution < -0.4 is 0 Å². The van der Waals surface area contributed by atoms with Crippen LogP contribution in [0.1, 0.15) is 76.2 Å². The third-order valence-corrected chi connectivity index (χ3v) is 7.50. The zero-order valence-electron chi connectivity index (χ0n) is 17.4. The van der Waals surface area contributed by atoms with Gasteiger partial charge in [0.25, 0.3) is 0 Å². The minimum absolute atomic E-state index is 0.243. The van der Waals surface area contributed by atoms with Crippen molar-refractivity contribution in [1.29, 1.82) is 0 Å². The molecule has 4 heteroatoms. The Morgan fingerprint density at radius 2 is 1.82 bits per heavy atom. The molecule has 0 spiro atoms. The molecular formula is C24H36N2O2. The van der Waals surface area contributed by atoms with E-state index in [4.69, 9.17) is 0 Å². The Labute approximate surface area is 169 Å². The second-order valence-corrected chi connectivity index (χ2v) is 9.36. The van der Waals surface area contributed by atoms with E-state index in [2.05, 4.69) is 15.9 Å². The highest BCUT2D eigenvalue weighted by Gasteiger charge is 2.41. The number of rotatable bonds is 6. The van der Waals surface area contributed by atoms with E-state index >= 15 is 0 Å². The van der Waals surface area contributed by atoms with Gasteiger partial charge in [0, 0.05) is 38.6 Å². The Balaban J connectivity index is 1.33. The van der Waals surface area contributed by atoms with E-state index in [0.717, 1.165) is 19.6 Å². The van der Waals surface area contributed by atoms with E-state index in [0.29, 0.717) is 29.7 Å². The van der Waals surface area contributed by atoms with Gasteiger partial charge in [-0.25, -0.2) is 0 Å². The lowest BCUT2D eigenvalue weighted by Gasteiger charge is -2.40. The maximum absolute atomic E-state index is 12.2. The number of fused-ring (bicyclic) bond motifs is 2. The number of piperidine rings is 1. The third-order valence-electron chi connectivity index (χ3n) is 7.50. The van der Waals surface area contributed by atoms with Crippen LogP contribution >= 0.6 is 0 Å². The van der Waals surface area contributed by atoms with Gasteiger partial charge in [0.1, 0.15) is 5.75 Å². The molecule has 1 N–H and O–H groups in total. The Kier molecular flexibility index (Phi) is 6.25. The number of carbonyl (C=O) groups excluding carboxylic acids is 1. The number of amides is 1. The smallest absolute Gasteiger partial charge is 0.219 e. The molecule has 1 aromatic rings. The molecule has 1 aliphatic carbocycles. The third kappa shape index (κ3) is 4.53. The van der Waals surface area contributed by atoms with Crippen LogP contribution in [0.15, 0.2) is 24.3 Å². The van der Waals surface area contributed by atoms with Gasteiger partial charge in [-0.2, -0.15) is 0 Å². The van der Waals surface area contributed by atoms with E-state index in [1.807, 2.05) is 12.1 Å². The zero-order valence-corrected chi connectivity index (χ0v) is 17.4. The fourth-order valence-electron chi connectivity index (χ4n) is 5.99. The molecule has 154 valence electrons. The van der Waals surface area contributed by atoms with Crippen molar-refractivity contribution in [3.05, 3.63) is 29.8 Å². The van der Waals surface area contributed by atoms with Crippen molar-refractivity contribution in [2.24, 2.45) is 5.92 Å². The lowest BCUT2D eigenvalue weighted by Crippen LogP contribution is -2.47. The normalized spacial score (nSPS) is 28.4. The van der Waals surface area contributed by atoms with E-state index in [1.165, 1.54) is 63.4 Å². The summed E-state index contributed by atoms with van der Waals surface area (Å²) in [6.07, 6.45) is 11.6. The summed E-state index contributed by atoms with van der Waals surface area (Å²) in [5.74, 6) is 1.90. The Hall–Kier alpha value is -1.55. The minimum atomic E-state index is 0.243. The van der Waals surface area contributed by atoms with Crippen molar-refractivity contribution < 1.29 is 9.90 Å². The van der Waals surface area contributed by atoms with Crippen LogP contribution in [-0.2, 0) is 4.79 Å². The predicted octanol–water partition coefficient (Wildman–Crippen LogP) is 4.53. The van der Waals surface area contributed by atoms with Crippen LogP contribution in [-0.4, -0.2) is 52.5 Å². The molecule has 0 radical (unpaired) electrons. The van der Waals surface area contributed by atoms with Gasteiger partial charge in [-0.1, -0.05) is 31.4 Å². The van der Waals surface area contributed by atoms with Gasteiger partial charge in [-0.05, 0) is 68.1 Å². The van der Waals surface area contributed by atoms with Crippen molar-refractivity contribution in [2.75, 3.05) is 19.6 Å². The zero-order chi connectivity index (χ0) is 19.5. The van der Waals surface area contributed by atoms with E-state index < -0.39 is 0 Å². The topological polar surface area (TPSA) is 43.8 Å². The molecule has 2 bridgehead atoms. The molecule has 2 saturated heterocycles. The molecule has 28 heavy (non-hydrogen) atoms. The van der Waals surface area contributed by atoms with Gasteiger partial charge in [-0.3, -0.25) is 9.69 Å². The Bertz CT molecular complexity index is 656. The molecule has 3 atom stereocenters. The standard InChI is InChI=1S/C24H36N2O2/c1-18(27)25(17-19-6-3-2-4-7-19)12-13-26-22-10-11-23(26)15-21(14-22)20-8-5-9-24(28)16-20/h5,8-9,16,19,21-23,28H,2-4,6-7,10-15,17H2,1H3/t21?,22-,23+. The van der Waals surface area contributed by atoms with Gasteiger partial charge >= 0.3 is 0 Å². The van der Waals surface area contributed by atoms with Crippen LogP contribution in [0, 0.1) is 5.92 Å². The first kappa shape index (κ1) is 19.8. The molecule has 2 heterocycles. The number of benzene rings is 1. The molecule has 4 rings (SSSR count). The van der Waals surface area contributed by atoms with Crippen molar-refractivity contribution in [3.8, 4) is 5.75 Å². The maximum atomic E-state index is 12.2. The van der Waals surface area contributed by atoms with Crippen LogP contribution in [0.3, 0.4) is 0 Å².